The first-order chi connectivity index (χ1) is 8.61. The number of rotatable bonds is 4. The van der Waals surface area contributed by atoms with Crippen LogP contribution in [0.1, 0.15) is 29.0 Å². The van der Waals surface area contributed by atoms with Crippen molar-refractivity contribution < 1.29 is 0 Å². The van der Waals surface area contributed by atoms with E-state index in [1.165, 1.54) is 10.4 Å². The highest BCUT2D eigenvalue weighted by molar-refractivity contribution is 7.10. The number of nitrogens with one attached hydrogen (secondary N) is 1. The Morgan fingerprint density at radius 3 is 2.50 bits per heavy atom. The van der Waals surface area contributed by atoms with Crippen LogP contribution in [-0.2, 0) is 0 Å². The van der Waals surface area contributed by atoms with E-state index in [0.29, 0.717) is 10.0 Å². The van der Waals surface area contributed by atoms with E-state index in [1.807, 2.05) is 18.2 Å². The van der Waals surface area contributed by atoms with Crippen LogP contribution in [0.15, 0.2) is 29.6 Å². The van der Waals surface area contributed by atoms with E-state index in [-0.39, 0.29) is 6.04 Å². The van der Waals surface area contributed by atoms with Crippen molar-refractivity contribution in [2.75, 3.05) is 6.54 Å². The molecule has 1 atom stereocenters. The molecule has 4 heteroatoms. The zero-order chi connectivity index (χ0) is 13.1. The number of thiophene rings is 1. The Bertz CT molecular complexity index is 536. The molecule has 96 valence electrons. The first-order valence-electron chi connectivity index (χ1n) is 5.85. The highest BCUT2D eigenvalue weighted by Crippen LogP contribution is 2.30. The van der Waals surface area contributed by atoms with Crippen molar-refractivity contribution in [3.8, 4) is 0 Å². The summed E-state index contributed by atoms with van der Waals surface area (Å²) in [6.07, 6.45) is 0. The molecular weight excluding hydrogens is 285 g/mol. The molecular formula is C14H15Cl2NS. The third kappa shape index (κ3) is 3.07. The fourth-order valence-corrected chi connectivity index (χ4v) is 2.98. The van der Waals surface area contributed by atoms with Gasteiger partial charge < -0.3 is 5.32 Å². The van der Waals surface area contributed by atoms with Crippen LogP contribution in [0.2, 0.25) is 10.0 Å². The standard InChI is InChI=1S/C14H15Cl2NS/c1-3-17-14(11-6-9(2)18-8-11)10-4-5-12(15)13(16)7-10/h4-8,14,17H,3H2,1-2H3. The van der Waals surface area contributed by atoms with Gasteiger partial charge in [-0.1, -0.05) is 36.2 Å². The Morgan fingerprint density at radius 2 is 1.94 bits per heavy atom. The summed E-state index contributed by atoms with van der Waals surface area (Å²) in [5.41, 5.74) is 2.42. The molecule has 0 aliphatic heterocycles. The molecule has 0 saturated heterocycles. The predicted octanol–water partition coefficient (Wildman–Crippen LogP) is 5.06. The number of benzene rings is 1. The van der Waals surface area contributed by atoms with Crippen LogP contribution in [0.4, 0.5) is 0 Å². The van der Waals surface area contributed by atoms with Gasteiger partial charge in [-0.25, -0.2) is 0 Å². The average Bonchev–Trinajstić information content (AvgIpc) is 2.76. The van der Waals surface area contributed by atoms with Gasteiger partial charge >= 0.3 is 0 Å². The summed E-state index contributed by atoms with van der Waals surface area (Å²) in [6.45, 7) is 5.12. The lowest BCUT2D eigenvalue weighted by Crippen LogP contribution is -2.21. The zero-order valence-corrected chi connectivity index (χ0v) is 12.7. The van der Waals surface area contributed by atoms with E-state index in [0.717, 1.165) is 12.1 Å². The van der Waals surface area contributed by atoms with Gasteiger partial charge in [0.25, 0.3) is 0 Å². The first-order valence-corrected chi connectivity index (χ1v) is 7.48. The minimum atomic E-state index is 0.176. The molecule has 0 saturated carbocycles. The highest BCUT2D eigenvalue weighted by atomic mass is 35.5. The van der Waals surface area contributed by atoms with Crippen molar-refractivity contribution in [2.45, 2.75) is 19.9 Å². The first kappa shape index (κ1) is 13.9. The number of hydrogen-bond donors (Lipinski definition) is 1. The monoisotopic (exact) mass is 299 g/mol. The van der Waals surface area contributed by atoms with E-state index in [4.69, 9.17) is 23.2 Å². The summed E-state index contributed by atoms with van der Waals surface area (Å²) in [5.74, 6) is 0. The lowest BCUT2D eigenvalue weighted by atomic mass is 10.0. The molecule has 0 aliphatic rings. The highest BCUT2D eigenvalue weighted by Gasteiger charge is 2.15. The van der Waals surface area contributed by atoms with Crippen molar-refractivity contribution in [3.63, 3.8) is 0 Å². The lowest BCUT2D eigenvalue weighted by molar-refractivity contribution is 0.632. The van der Waals surface area contributed by atoms with Gasteiger partial charge in [0.2, 0.25) is 0 Å². The summed E-state index contributed by atoms with van der Waals surface area (Å²) in [5, 5.41) is 6.86. The van der Waals surface area contributed by atoms with E-state index < -0.39 is 0 Å². The van der Waals surface area contributed by atoms with Crippen molar-refractivity contribution in [1.82, 2.24) is 5.32 Å². The molecule has 0 amide bonds. The van der Waals surface area contributed by atoms with Gasteiger partial charge in [0.1, 0.15) is 0 Å². The Labute approximate surface area is 122 Å². The zero-order valence-electron chi connectivity index (χ0n) is 10.3. The molecule has 1 aromatic carbocycles. The third-order valence-corrected chi connectivity index (χ3v) is 4.39. The molecule has 2 aromatic rings. The van der Waals surface area contributed by atoms with E-state index in [2.05, 4.69) is 30.6 Å². The lowest BCUT2D eigenvalue weighted by Gasteiger charge is -2.18. The van der Waals surface area contributed by atoms with Crippen LogP contribution >= 0.6 is 34.5 Å². The maximum absolute atomic E-state index is 6.09. The predicted molar refractivity (Wildman–Crippen MR) is 81.0 cm³/mol. The molecule has 0 bridgehead atoms. The number of hydrogen-bond acceptors (Lipinski definition) is 2. The van der Waals surface area contributed by atoms with Crippen molar-refractivity contribution in [1.29, 1.82) is 0 Å². The minimum absolute atomic E-state index is 0.176. The van der Waals surface area contributed by atoms with Crippen LogP contribution in [0, 0.1) is 6.92 Å². The van der Waals surface area contributed by atoms with Crippen LogP contribution in [0.3, 0.4) is 0 Å². The summed E-state index contributed by atoms with van der Waals surface area (Å²) < 4.78 is 0. The SMILES string of the molecule is CCNC(c1csc(C)c1)c1ccc(Cl)c(Cl)c1. The van der Waals surface area contributed by atoms with Gasteiger partial charge in [-0.2, -0.15) is 0 Å². The molecule has 1 heterocycles. The normalized spacial score (nSPS) is 12.7. The fraction of sp³-hybridized carbons (Fsp3) is 0.286. The summed E-state index contributed by atoms with van der Waals surface area (Å²) in [6, 6.07) is 8.19. The van der Waals surface area contributed by atoms with Crippen molar-refractivity contribution >= 4 is 34.5 Å². The molecule has 0 radical (unpaired) electrons. The van der Waals surface area contributed by atoms with Crippen molar-refractivity contribution in [3.05, 3.63) is 55.7 Å². The molecule has 1 nitrogen and oxygen atoms in total. The molecule has 18 heavy (non-hydrogen) atoms. The Kier molecular flexibility index (Phi) is 4.68. The summed E-state index contributed by atoms with van der Waals surface area (Å²) in [7, 11) is 0. The second-order valence-electron chi connectivity index (χ2n) is 4.15. The molecule has 0 aliphatic carbocycles. The van der Waals surface area contributed by atoms with E-state index in [1.54, 1.807) is 11.3 Å². The minimum Gasteiger partial charge on any atom is -0.307 e. The van der Waals surface area contributed by atoms with Crippen LogP contribution < -0.4 is 5.32 Å². The van der Waals surface area contributed by atoms with Gasteiger partial charge in [0, 0.05) is 4.88 Å². The van der Waals surface area contributed by atoms with Gasteiger partial charge in [-0.15, -0.1) is 11.3 Å². The molecule has 0 fully saturated rings. The summed E-state index contributed by atoms with van der Waals surface area (Å²) >= 11 is 13.8. The topological polar surface area (TPSA) is 12.0 Å². The molecule has 2 rings (SSSR count). The Hall–Kier alpha value is -0.540. The molecule has 1 N–H and O–H groups in total. The van der Waals surface area contributed by atoms with Gasteiger partial charge in [0.05, 0.1) is 16.1 Å². The second kappa shape index (κ2) is 6.07. The fourth-order valence-electron chi connectivity index (χ4n) is 1.94. The second-order valence-corrected chi connectivity index (χ2v) is 6.08. The maximum Gasteiger partial charge on any atom is 0.0595 e. The summed E-state index contributed by atoms with van der Waals surface area (Å²) in [4.78, 5) is 1.31. The number of halogens is 2. The van der Waals surface area contributed by atoms with Crippen LogP contribution in [-0.4, -0.2) is 6.54 Å². The van der Waals surface area contributed by atoms with Crippen LogP contribution in [0.25, 0.3) is 0 Å². The third-order valence-electron chi connectivity index (χ3n) is 2.77. The quantitative estimate of drug-likeness (QED) is 0.832. The Balaban J connectivity index is 2.37. The maximum atomic E-state index is 6.09. The number of aryl methyl sites for hydroxylation is 1. The molecule has 1 aromatic heterocycles. The van der Waals surface area contributed by atoms with E-state index >= 15 is 0 Å². The largest absolute Gasteiger partial charge is 0.307 e. The van der Waals surface area contributed by atoms with Crippen LogP contribution in [0.5, 0.6) is 0 Å². The van der Waals surface area contributed by atoms with Gasteiger partial charge in [-0.3, -0.25) is 0 Å². The van der Waals surface area contributed by atoms with Gasteiger partial charge in [0.15, 0.2) is 0 Å². The average molecular weight is 300 g/mol. The van der Waals surface area contributed by atoms with E-state index in [9.17, 15) is 0 Å². The van der Waals surface area contributed by atoms with Gasteiger partial charge in [-0.05, 0) is 48.2 Å². The van der Waals surface area contributed by atoms with Crippen molar-refractivity contribution in [2.24, 2.45) is 0 Å². The molecule has 0 spiro atoms. The molecule has 1 unspecified atom stereocenters. The smallest absolute Gasteiger partial charge is 0.0595 e. The Morgan fingerprint density at radius 1 is 1.17 bits per heavy atom.